The average Bonchev–Trinajstić information content (AvgIpc) is 2.96. The zero-order valence-electron chi connectivity index (χ0n) is 10.5. The van der Waals surface area contributed by atoms with Crippen molar-refractivity contribution in [3.63, 3.8) is 0 Å². The van der Waals surface area contributed by atoms with E-state index in [4.69, 9.17) is 0 Å². The molecule has 19 heavy (non-hydrogen) atoms. The van der Waals surface area contributed by atoms with Gasteiger partial charge in [0.15, 0.2) is 0 Å². The van der Waals surface area contributed by atoms with Gasteiger partial charge >= 0.3 is 0 Å². The maximum absolute atomic E-state index is 12.6. The fraction of sp³-hybridized carbons (Fsp3) is 0.333. The van der Waals surface area contributed by atoms with E-state index >= 15 is 0 Å². The summed E-state index contributed by atoms with van der Waals surface area (Å²) in [5.41, 5.74) is 0. The van der Waals surface area contributed by atoms with Crippen molar-refractivity contribution in [2.75, 3.05) is 0 Å². The van der Waals surface area contributed by atoms with E-state index in [0.717, 1.165) is 8.66 Å². The van der Waals surface area contributed by atoms with E-state index in [-0.39, 0.29) is 6.04 Å². The van der Waals surface area contributed by atoms with Crippen LogP contribution in [0.1, 0.15) is 18.7 Å². The second kappa shape index (κ2) is 6.05. The van der Waals surface area contributed by atoms with Gasteiger partial charge in [0.1, 0.15) is 4.21 Å². The molecule has 0 unspecified atom stereocenters. The Morgan fingerprint density at radius 1 is 1.32 bits per heavy atom. The molecule has 0 amide bonds. The Labute approximate surface area is 130 Å². The van der Waals surface area contributed by atoms with E-state index in [1.165, 1.54) is 15.6 Å². The summed E-state index contributed by atoms with van der Waals surface area (Å²) in [6, 6.07) is 7.23. The molecular formula is C12H14BrNO2S3. The molecule has 0 saturated carbocycles. The van der Waals surface area contributed by atoms with E-state index in [1.54, 1.807) is 23.5 Å². The first-order chi connectivity index (χ1) is 8.91. The molecule has 0 spiro atoms. The Balaban J connectivity index is 2.33. The summed E-state index contributed by atoms with van der Waals surface area (Å²) in [6.07, 6.45) is 0. The van der Waals surface area contributed by atoms with E-state index in [1.807, 2.05) is 31.4 Å². The number of nitrogens with zero attached hydrogens (tertiary/aromatic N) is 1. The fourth-order valence-corrected chi connectivity index (χ4v) is 6.19. The molecule has 0 atom stereocenters. The maximum Gasteiger partial charge on any atom is 0.253 e. The molecule has 0 radical (unpaired) electrons. The summed E-state index contributed by atoms with van der Waals surface area (Å²) in [5, 5.41) is 1.96. The first-order valence-corrected chi connectivity index (χ1v) is 9.64. The first-order valence-electron chi connectivity index (χ1n) is 5.71. The second-order valence-corrected chi connectivity index (χ2v) is 9.89. The molecule has 104 valence electrons. The van der Waals surface area contributed by atoms with Gasteiger partial charge in [-0.2, -0.15) is 4.31 Å². The quantitative estimate of drug-likeness (QED) is 0.781. The van der Waals surface area contributed by atoms with Crippen molar-refractivity contribution >= 4 is 48.6 Å². The number of halogens is 1. The van der Waals surface area contributed by atoms with Crippen LogP contribution in [-0.2, 0) is 16.6 Å². The predicted octanol–water partition coefficient (Wildman–Crippen LogP) is 4.17. The van der Waals surface area contributed by atoms with E-state index in [0.29, 0.717) is 10.8 Å². The summed E-state index contributed by atoms with van der Waals surface area (Å²) in [6.45, 7) is 4.22. The molecule has 0 aliphatic rings. The average molecular weight is 380 g/mol. The Morgan fingerprint density at radius 3 is 2.53 bits per heavy atom. The zero-order valence-corrected chi connectivity index (χ0v) is 14.6. The van der Waals surface area contributed by atoms with Crippen LogP contribution in [-0.4, -0.2) is 18.8 Å². The third kappa shape index (κ3) is 3.46. The molecule has 0 aromatic carbocycles. The highest BCUT2D eigenvalue weighted by Crippen LogP contribution is 2.30. The molecule has 0 saturated heterocycles. The van der Waals surface area contributed by atoms with Crippen molar-refractivity contribution in [2.45, 2.75) is 30.6 Å². The highest BCUT2D eigenvalue weighted by molar-refractivity contribution is 9.11. The molecule has 0 N–H and O–H groups in total. The van der Waals surface area contributed by atoms with Crippen LogP contribution in [0, 0.1) is 0 Å². The van der Waals surface area contributed by atoms with Crippen molar-refractivity contribution < 1.29 is 8.42 Å². The van der Waals surface area contributed by atoms with Crippen LogP contribution in [0.15, 0.2) is 37.6 Å². The molecular weight excluding hydrogens is 366 g/mol. The van der Waals surface area contributed by atoms with Crippen LogP contribution >= 0.6 is 38.6 Å². The lowest BCUT2D eigenvalue weighted by Gasteiger charge is -2.24. The molecule has 2 heterocycles. The molecule has 0 bridgehead atoms. The Bertz CT molecular complexity index is 632. The monoisotopic (exact) mass is 379 g/mol. The SMILES string of the molecule is CC(C)N(Cc1cccs1)S(=O)(=O)c1ccc(Br)s1. The second-order valence-electron chi connectivity index (χ2n) is 4.28. The number of rotatable bonds is 5. The molecule has 2 aromatic rings. The van der Waals surface area contributed by atoms with Gasteiger partial charge in [-0.3, -0.25) is 0 Å². The lowest BCUT2D eigenvalue weighted by atomic mass is 10.4. The Kier molecular flexibility index (Phi) is 4.84. The van der Waals surface area contributed by atoms with Gasteiger partial charge in [0.2, 0.25) is 0 Å². The van der Waals surface area contributed by atoms with Gasteiger partial charge in [0.25, 0.3) is 10.0 Å². The Hall–Kier alpha value is -0.210. The Morgan fingerprint density at radius 2 is 2.05 bits per heavy atom. The van der Waals surface area contributed by atoms with E-state index in [9.17, 15) is 8.42 Å². The fourth-order valence-electron chi connectivity index (χ4n) is 1.65. The van der Waals surface area contributed by atoms with Gasteiger partial charge in [-0.15, -0.1) is 22.7 Å². The number of thiophene rings is 2. The summed E-state index contributed by atoms with van der Waals surface area (Å²) >= 11 is 6.13. The minimum atomic E-state index is -3.43. The molecule has 2 aromatic heterocycles. The van der Waals surface area contributed by atoms with Crippen LogP contribution in [0.5, 0.6) is 0 Å². The van der Waals surface area contributed by atoms with E-state index < -0.39 is 10.0 Å². The van der Waals surface area contributed by atoms with Crippen molar-refractivity contribution in [1.82, 2.24) is 4.31 Å². The lowest BCUT2D eigenvalue weighted by Crippen LogP contribution is -2.35. The molecule has 2 rings (SSSR count). The predicted molar refractivity (Wildman–Crippen MR) is 84.2 cm³/mol. The van der Waals surface area contributed by atoms with Gasteiger partial charge < -0.3 is 0 Å². The number of sulfonamides is 1. The van der Waals surface area contributed by atoms with Gasteiger partial charge in [0, 0.05) is 17.5 Å². The molecule has 3 nitrogen and oxygen atoms in total. The van der Waals surface area contributed by atoms with Crippen LogP contribution in [0.2, 0.25) is 0 Å². The standard InChI is InChI=1S/C12H14BrNO2S3/c1-9(2)14(8-10-4-3-7-17-10)19(15,16)12-6-5-11(13)18-12/h3-7,9H,8H2,1-2H3. The van der Waals surface area contributed by atoms with E-state index in [2.05, 4.69) is 15.9 Å². The summed E-state index contributed by atoms with van der Waals surface area (Å²) in [5.74, 6) is 0. The third-order valence-corrected chi connectivity index (χ3v) is 7.55. The molecule has 7 heteroatoms. The first kappa shape index (κ1) is 15.2. The molecule has 0 aliphatic heterocycles. The zero-order chi connectivity index (χ0) is 14.0. The van der Waals surface area contributed by atoms with Gasteiger partial charge in [0.05, 0.1) is 3.79 Å². The van der Waals surface area contributed by atoms with Crippen molar-refractivity contribution in [3.8, 4) is 0 Å². The minimum Gasteiger partial charge on any atom is -0.206 e. The number of hydrogen-bond acceptors (Lipinski definition) is 4. The van der Waals surface area contributed by atoms with Crippen LogP contribution in [0.25, 0.3) is 0 Å². The molecule has 0 fully saturated rings. The topological polar surface area (TPSA) is 37.4 Å². The summed E-state index contributed by atoms with van der Waals surface area (Å²) in [7, 11) is -3.43. The highest BCUT2D eigenvalue weighted by atomic mass is 79.9. The van der Waals surface area contributed by atoms with Gasteiger partial charge in [-0.1, -0.05) is 6.07 Å². The largest absolute Gasteiger partial charge is 0.253 e. The van der Waals surface area contributed by atoms with Crippen molar-refractivity contribution in [2.24, 2.45) is 0 Å². The number of hydrogen-bond donors (Lipinski definition) is 0. The van der Waals surface area contributed by atoms with Crippen LogP contribution in [0.4, 0.5) is 0 Å². The lowest BCUT2D eigenvalue weighted by molar-refractivity contribution is 0.351. The highest BCUT2D eigenvalue weighted by Gasteiger charge is 2.28. The maximum atomic E-state index is 12.6. The third-order valence-electron chi connectivity index (χ3n) is 2.58. The van der Waals surface area contributed by atoms with Gasteiger partial charge in [-0.05, 0) is 53.4 Å². The molecule has 0 aliphatic carbocycles. The summed E-state index contributed by atoms with van der Waals surface area (Å²) < 4.78 is 28.0. The van der Waals surface area contributed by atoms with Gasteiger partial charge in [-0.25, -0.2) is 8.42 Å². The van der Waals surface area contributed by atoms with Crippen molar-refractivity contribution in [1.29, 1.82) is 0 Å². The van der Waals surface area contributed by atoms with Crippen LogP contribution < -0.4 is 0 Å². The minimum absolute atomic E-state index is 0.0759. The van der Waals surface area contributed by atoms with Crippen LogP contribution in [0.3, 0.4) is 0 Å². The smallest absolute Gasteiger partial charge is 0.206 e. The summed E-state index contributed by atoms with van der Waals surface area (Å²) in [4.78, 5) is 1.05. The normalized spacial score (nSPS) is 12.5. The van der Waals surface area contributed by atoms with Crippen molar-refractivity contribution in [3.05, 3.63) is 38.3 Å².